The number of thiazole rings is 1. The van der Waals surface area contributed by atoms with Crippen LogP contribution in [0.3, 0.4) is 0 Å². The van der Waals surface area contributed by atoms with E-state index in [0.29, 0.717) is 18.5 Å². The molecule has 0 saturated carbocycles. The van der Waals surface area contributed by atoms with Gasteiger partial charge in [-0.1, -0.05) is 48.5 Å². The van der Waals surface area contributed by atoms with Crippen molar-refractivity contribution in [2.75, 3.05) is 6.54 Å². The minimum absolute atomic E-state index is 0.0640. The maximum atomic E-state index is 12.6. The van der Waals surface area contributed by atoms with Gasteiger partial charge in [0.05, 0.1) is 15.7 Å². The van der Waals surface area contributed by atoms with Gasteiger partial charge in [-0.15, -0.1) is 11.3 Å². The van der Waals surface area contributed by atoms with Crippen molar-refractivity contribution >= 4 is 27.5 Å². The van der Waals surface area contributed by atoms with Gasteiger partial charge in [0.25, 0.3) is 5.91 Å². The van der Waals surface area contributed by atoms with Crippen LogP contribution < -0.4 is 5.32 Å². The van der Waals surface area contributed by atoms with E-state index in [9.17, 15) is 4.79 Å². The highest BCUT2D eigenvalue weighted by atomic mass is 32.1. The standard InChI is InChI=1S/C28H24N4OS/c33-28(30-13-11-20-5-2-1-3-6-20)23-8-4-7-21(15-23)18-27-29-14-12-24(32-27)16-22-9-10-25-26(17-22)34-19-31-25/h1-10,12,14-15,17,19H,11,13,16,18H2,(H,30,33). The molecule has 2 heterocycles. The fourth-order valence-electron chi connectivity index (χ4n) is 3.92. The molecule has 168 valence electrons. The van der Waals surface area contributed by atoms with E-state index in [0.717, 1.165) is 35.4 Å². The number of carbonyl (C=O) groups excluding carboxylic acids is 1. The number of aromatic nitrogens is 3. The van der Waals surface area contributed by atoms with Crippen LogP contribution in [0.25, 0.3) is 10.2 Å². The Labute approximate surface area is 202 Å². The van der Waals surface area contributed by atoms with E-state index >= 15 is 0 Å². The zero-order valence-corrected chi connectivity index (χ0v) is 19.5. The second-order valence-corrected chi connectivity index (χ2v) is 9.05. The highest BCUT2D eigenvalue weighted by Gasteiger charge is 2.08. The Bertz CT molecular complexity index is 1410. The maximum absolute atomic E-state index is 12.6. The zero-order valence-electron chi connectivity index (χ0n) is 18.6. The van der Waals surface area contributed by atoms with Crippen molar-refractivity contribution in [1.29, 1.82) is 0 Å². The van der Waals surface area contributed by atoms with Crippen LogP contribution in [0.4, 0.5) is 0 Å². The number of amides is 1. The monoisotopic (exact) mass is 464 g/mol. The summed E-state index contributed by atoms with van der Waals surface area (Å²) in [6.07, 6.45) is 3.94. The number of hydrogen-bond acceptors (Lipinski definition) is 5. The van der Waals surface area contributed by atoms with Crippen molar-refractivity contribution in [3.8, 4) is 0 Å². The lowest BCUT2D eigenvalue weighted by Crippen LogP contribution is -2.25. The van der Waals surface area contributed by atoms with E-state index in [2.05, 4.69) is 45.6 Å². The Balaban J connectivity index is 1.22. The molecule has 1 amide bonds. The number of nitrogens with zero attached hydrogens (tertiary/aromatic N) is 3. The molecule has 5 rings (SSSR count). The third kappa shape index (κ3) is 5.53. The van der Waals surface area contributed by atoms with Gasteiger partial charge in [0.1, 0.15) is 5.82 Å². The van der Waals surface area contributed by atoms with Crippen molar-refractivity contribution in [3.05, 3.63) is 124 Å². The Hall–Kier alpha value is -3.90. The molecule has 0 saturated heterocycles. The van der Waals surface area contributed by atoms with Gasteiger partial charge in [-0.3, -0.25) is 4.79 Å². The predicted molar refractivity (Wildman–Crippen MR) is 136 cm³/mol. The lowest BCUT2D eigenvalue weighted by molar-refractivity contribution is 0.0954. The number of benzene rings is 3. The number of hydrogen-bond donors (Lipinski definition) is 1. The van der Waals surface area contributed by atoms with Crippen LogP contribution in [0.2, 0.25) is 0 Å². The van der Waals surface area contributed by atoms with E-state index in [1.807, 2.05) is 60.2 Å². The first-order valence-corrected chi connectivity index (χ1v) is 12.1. The lowest BCUT2D eigenvalue weighted by atomic mass is 10.1. The number of carbonyl (C=O) groups is 1. The molecule has 0 atom stereocenters. The minimum Gasteiger partial charge on any atom is -0.352 e. The Morgan fingerprint density at radius 1 is 0.824 bits per heavy atom. The topological polar surface area (TPSA) is 67.8 Å². The first kappa shape index (κ1) is 21.9. The first-order valence-electron chi connectivity index (χ1n) is 11.3. The number of fused-ring (bicyclic) bond motifs is 1. The second-order valence-electron chi connectivity index (χ2n) is 8.16. The van der Waals surface area contributed by atoms with Crippen molar-refractivity contribution in [3.63, 3.8) is 0 Å². The van der Waals surface area contributed by atoms with Crippen molar-refractivity contribution in [2.24, 2.45) is 0 Å². The quantitative estimate of drug-likeness (QED) is 0.341. The van der Waals surface area contributed by atoms with Crippen LogP contribution in [0, 0.1) is 0 Å². The molecule has 5 nitrogen and oxygen atoms in total. The minimum atomic E-state index is -0.0640. The van der Waals surface area contributed by atoms with Crippen LogP contribution in [0.15, 0.2) is 90.6 Å². The van der Waals surface area contributed by atoms with Gasteiger partial charge in [-0.2, -0.15) is 0 Å². The smallest absolute Gasteiger partial charge is 0.251 e. The highest BCUT2D eigenvalue weighted by molar-refractivity contribution is 7.16. The fraction of sp³-hybridized carbons (Fsp3) is 0.143. The first-order chi connectivity index (χ1) is 16.7. The van der Waals surface area contributed by atoms with E-state index in [-0.39, 0.29) is 5.91 Å². The summed E-state index contributed by atoms with van der Waals surface area (Å²) in [6.45, 7) is 0.603. The van der Waals surface area contributed by atoms with Crippen LogP contribution in [0.1, 0.15) is 38.6 Å². The van der Waals surface area contributed by atoms with Gasteiger partial charge in [0.2, 0.25) is 0 Å². The van der Waals surface area contributed by atoms with E-state index in [4.69, 9.17) is 4.98 Å². The van der Waals surface area contributed by atoms with E-state index in [1.165, 1.54) is 15.8 Å². The van der Waals surface area contributed by atoms with Crippen LogP contribution in [-0.4, -0.2) is 27.4 Å². The molecular formula is C28H24N4OS. The molecule has 0 aliphatic rings. The van der Waals surface area contributed by atoms with Gasteiger partial charge in [-0.25, -0.2) is 15.0 Å². The molecule has 0 aliphatic heterocycles. The van der Waals surface area contributed by atoms with Gasteiger partial charge in [0.15, 0.2) is 0 Å². The molecule has 0 fully saturated rings. The average Bonchev–Trinajstić information content (AvgIpc) is 3.33. The molecule has 5 aromatic rings. The van der Waals surface area contributed by atoms with Crippen molar-refractivity contribution in [1.82, 2.24) is 20.3 Å². The third-order valence-electron chi connectivity index (χ3n) is 5.64. The molecule has 2 aromatic heterocycles. The van der Waals surface area contributed by atoms with Gasteiger partial charge in [-0.05, 0) is 53.4 Å². The summed E-state index contributed by atoms with van der Waals surface area (Å²) in [4.78, 5) is 26.2. The van der Waals surface area contributed by atoms with Crippen LogP contribution >= 0.6 is 11.3 Å². The zero-order chi connectivity index (χ0) is 23.2. The normalized spacial score (nSPS) is 10.9. The van der Waals surface area contributed by atoms with Gasteiger partial charge in [0, 0.05) is 36.8 Å². The van der Waals surface area contributed by atoms with E-state index < -0.39 is 0 Å². The summed E-state index contributed by atoms with van der Waals surface area (Å²) in [5, 5.41) is 3.01. The van der Waals surface area contributed by atoms with Crippen molar-refractivity contribution < 1.29 is 4.79 Å². The van der Waals surface area contributed by atoms with Crippen molar-refractivity contribution in [2.45, 2.75) is 19.3 Å². The summed E-state index contributed by atoms with van der Waals surface area (Å²) in [6, 6.07) is 26.1. The molecule has 0 radical (unpaired) electrons. The molecule has 6 heteroatoms. The highest BCUT2D eigenvalue weighted by Crippen LogP contribution is 2.20. The molecule has 0 spiro atoms. The maximum Gasteiger partial charge on any atom is 0.251 e. The Morgan fingerprint density at radius 2 is 1.68 bits per heavy atom. The molecule has 0 bridgehead atoms. The third-order valence-corrected chi connectivity index (χ3v) is 6.43. The number of rotatable bonds is 8. The summed E-state index contributed by atoms with van der Waals surface area (Å²) >= 11 is 1.65. The lowest BCUT2D eigenvalue weighted by Gasteiger charge is -2.08. The molecule has 0 aliphatic carbocycles. The largest absolute Gasteiger partial charge is 0.352 e. The molecule has 0 unspecified atom stereocenters. The SMILES string of the molecule is O=C(NCCc1ccccc1)c1cccc(Cc2nccc(Cc3ccc4ncsc4c3)n2)c1. The van der Waals surface area contributed by atoms with Crippen LogP contribution in [0.5, 0.6) is 0 Å². The molecular weight excluding hydrogens is 440 g/mol. The molecule has 1 N–H and O–H groups in total. The van der Waals surface area contributed by atoms with Gasteiger partial charge < -0.3 is 5.32 Å². The summed E-state index contributed by atoms with van der Waals surface area (Å²) in [5.41, 5.74) is 7.95. The molecule has 3 aromatic carbocycles. The fourth-order valence-corrected chi connectivity index (χ4v) is 4.66. The Kier molecular flexibility index (Phi) is 6.68. The average molecular weight is 465 g/mol. The second kappa shape index (κ2) is 10.4. The Morgan fingerprint density at radius 3 is 2.59 bits per heavy atom. The van der Waals surface area contributed by atoms with E-state index in [1.54, 1.807) is 11.3 Å². The van der Waals surface area contributed by atoms with Crippen LogP contribution in [-0.2, 0) is 19.3 Å². The summed E-state index contributed by atoms with van der Waals surface area (Å²) < 4.78 is 1.19. The summed E-state index contributed by atoms with van der Waals surface area (Å²) in [7, 11) is 0. The number of nitrogens with one attached hydrogen (secondary N) is 1. The predicted octanol–water partition coefficient (Wildman–Crippen LogP) is 5.24. The summed E-state index contributed by atoms with van der Waals surface area (Å²) in [5.74, 6) is 0.684. The van der Waals surface area contributed by atoms with Gasteiger partial charge >= 0.3 is 0 Å². The molecule has 34 heavy (non-hydrogen) atoms.